The van der Waals surface area contributed by atoms with Crippen LogP contribution >= 0.6 is 11.6 Å². The van der Waals surface area contributed by atoms with E-state index < -0.39 is 5.60 Å². The first-order valence-corrected chi connectivity index (χ1v) is 7.55. The van der Waals surface area contributed by atoms with Gasteiger partial charge in [-0.15, -0.1) is 0 Å². The molecule has 0 saturated heterocycles. The van der Waals surface area contributed by atoms with E-state index in [1.807, 2.05) is 12.1 Å². The number of benzene rings is 1. The molecule has 0 spiro atoms. The minimum Gasteiger partial charge on any atom is -0.454 e. The highest BCUT2D eigenvalue weighted by molar-refractivity contribution is 6.32. The third kappa shape index (κ3) is 3.03. The molecular weight excluding hydrogens is 278 g/mol. The molecule has 0 radical (unpaired) electrons. The second-order valence-electron chi connectivity index (χ2n) is 5.70. The van der Waals surface area contributed by atoms with Gasteiger partial charge in [-0.3, -0.25) is 0 Å². The Bertz CT molecular complexity index is 486. The third-order valence-corrected chi connectivity index (χ3v) is 4.34. The molecule has 0 bridgehead atoms. The predicted octanol–water partition coefficient (Wildman–Crippen LogP) is 2.85. The predicted molar refractivity (Wildman–Crippen MR) is 77.3 cm³/mol. The Morgan fingerprint density at radius 3 is 2.80 bits per heavy atom. The third-order valence-electron chi connectivity index (χ3n) is 4.05. The van der Waals surface area contributed by atoms with Gasteiger partial charge in [-0.05, 0) is 30.5 Å². The Morgan fingerprint density at radius 2 is 2.00 bits per heavy atom. The first-order valence-electron chi connectivity index (χ1n) is 7.17. The minimum atomic E-state index is -0.543. The van der Waals surface area contributed by atoms with Crippen molar-refractivity contribution in [1.82, 2.24) is 5.32 Å². The van der Waals surface area contributed by atoms with Crippen LogP contribution in [0, 0.1) is 0 Å². The second kappa shape index (κ2) is 5.80. The summed E-state index contributed by atoms with van der Waals surface area (Å²) in [6, 6.07) is 3.82. The monoisotopic (exact) mass is 297 g/mol. The molecule has 1 heterocycles. The lowest BCUT2D eigenvalue weighted by atomic mass is 9.85. The molecule has 3 rings (SSSR count). The van der Waals surface area contributed by atoms with Gasteiger partial charge in [0.1, 0.15) is 0 Å². The first kappa shape index (κ1) is 14.0. The molecule has 20 heavy (non-hydrogen) atoms. The van der Waals surface area contributed by atoms with Crippen molar-refractivity contribution in [3.63, 3.8) is 0 Å². The van der Waals surface area contributed by atoms with Crippen LogP contribution in [-0.4, -0.2) is 24.0 Å². The molecule has 110 valence electrons. The van der Waals surface area contributed by atoms with Crippen LogP contribution in [0.5, 0.6) is 11.5 Å². The molecule has 4 nitrogen and oxygen atoms in total. The Hall–Kier alpha value is -0.970. The molecule has 2 aliphatic rings. The van der Waals surface area contributed by atoms with Crippen molar-refractivity contribution < 1.29 is 14.6 Å². The Morgan fingerprint density at radius 1 is 1.20 bits per heavy atom. The Labute approximate surface area is 124 Å². The summed E-state index contributed by atoms with van der Waals surface area (Å²) in [5, 5.41) is 14.3. The standard InChI is InChI=1S/C15H20ClNO3/c16-12-6-11(7-13-14(12)20-10-19-13)8-17-9-15(18)4-2-1-3-5-15/h6-7,17-18H,1-5,8-10H2. The number of hydrogen-bond acceptors (Lipinski definition) is 4. The van der Waals surface area contributed by atoms with Gasteiger partial charge in [-0.1, -0.05) is 30.9 Å². The summed E-state index contributed by atoms with van der Waals surface area (Å²) in [4.78, 5) is 0. The van der Waals surface area contributed by atoms with Crippen LogP contribution in [0.25, 0.3) is 0 Å². The van der Waals surface area contributed by atoms with Crippen molar-refractivity contribution in [1.29, 1.82) is 0 Å². The quantitative estimate of drug-likeness (QED) is 0.897. The van der Waals surface area contributed by atoms with E-state index in [2.05, 4.69) is 5.32 Å². The zero-order valence-electron chi connectivity index (χ0n) is 11.5. The fraction of sp³-hybridized carbons (Fsp3) is 0.600. The molecule has 0 atom stereocenters. The lowest BCUT2D eigenvalue weighted by molar-refractivity contribution is 0.00468. The zero-order chi connectivity index (χ0) is 14.0. The molecule has 1 aromatic carbocycles. The summed E-state index contributed by atoms with van der Waals surface area (Å²) in [5.74, 6) is 1.33. The van der Waals surface area contributed by atoms with Crippen molar-refractivity contribution >= 4 is 11.6 Å². The Kier molecular flexibility index (Phi) is 4.06. The van der Waals surface area contributed by atoms with E-state index in [4.69, 9.17) is 21.1 Å². The second-order valence-corrected chi connectivity index (χ2v) is 6.11. The maximum Gasteiger partial charge on any atom is 0.231 e. The fourth-order valence-corrected chi connectivity index (χ4v) is 3.24. The van der Waals surface area contributed by atoms with Crippen molar-refractivity contribution in [2.45, 2.75) is 44.2 Å². The average molecular weight is 298 g/mol. The summed E-state index contributed by atoms with van der Waals surface area (Å²) in [6.07, 6.45) is 5.26. The summed E-state index contributed by atoms with van der Waals surface area (Å²) < 4.78 is 10.6. The van der Waals surface area contributed by atoms with Crippen LogP contribution in [0.1, 0.15) is 37.7 Å². The molecule has 0 amide bonds. The van der Waals surface area contributed by atoms with E-state index in [1.165, 1.54) is 6.42 Å². The fourth-order valence-electron chi connectivity index (χ4n) is 2.95. The van der Waals surface area contributed by atoms with E-state index in [1.54, 1.807) is 0 Å². The van der Waals surface area contributed by atoms with Crippen LogP contribution in [0.4, 0.5) is 0 Å². The summed E-state index contributed by atoms with van der Waals surface area (Å²) >= 11 is 6.15. The van der Waals surface area contributed by atoms with Gasteiger partial charge in [0, 0.05) is 13.1 Å². The van der Waals surface area contributed by atoms with Gasteiger partial charge in [-0.25, -0.2) is 0 Å². The Balaban J connectivity index is 1.57. The molecule has 5 heteroatoms. The van der Waals surface area contributed by atoms with Crippen LogP contribution in [-0.2, 0) is 6.54 Å². The van der Waals surface area contributed by atoms with Gasteiger partial charge in [0.15, 0.2) is 11.5 Å². The SMILES string of the molecule is OC1(CNCc2cc(Cl)c3c(c2)OCO3)CCCCC1. The average Bonchev–Trinajstić information content (AvgIpc) is 2.88. The van der Waals surface area contributed by atoms with E-state index in [9.17, 15) is 5.11 Å². The maximum atomic E-state index is 10.4. The molecular formula is C15H20ClNO3. The number of rotatable bonds is 4. The molecule has 0 unspecified atom stereocenters. The molecule has 0 aromatic heterocycles. The minimum absolute atomic E-state index is 0.228. The first-order chi connectivity index (χ1) is 9.66. The normalized spacial score (nSPS) is 20.1. The zero-order valence-corrected chi connectivity index (χ0v) is 12.2. The highest BCUT2D eigenvalue weighted by Gasteiger charge is 2.28. The molecule has 1 aromatic rings. The van der Waals surface area contributed by atoms with Gasteiger partial charge in [0.25, 0.3) is 0 Å². The summed E-state index contributed by atoms with van der Waals surface area (Å²) in [6.45, 7) is 1.52. The topological polar surface area (TPSA) is 50.7 Å². The van der Waals surface area contributed by atoms with E-state index in [-0.39, 0.29) is 6.79 Å². The van der Waals surface area contributed by atoms with Crippen LogP contribution in [0.15, 0.2) is 12.1 Å². The van der Waals surface area contributed by atoms with Gasteiger partial charge in [-0.2, -0.15) is 0 Å². The number of hydrogen-bond donors (Lipinski definition) is 2. The highest BCUT2D eigenvalue weighted by Crippen LogP contribution is 2.39. The molecule has 1 aliphatic heterocycles. The van der Waals surface area contributed by atoms with Crippen molar-refractivity contribution in [2.75, 3.05) is 13.3 Å². The number of ether oxygens (including phenoxy) is 2. The smallest absolute Gasteiger partial charge is 0.231 e. The van der Waals surface area contributed by atoms with Crippen LogP contribution < -0.4 is 14.8 Å². The van der Waals surface area contributed by atoms with Crippen LogP contribution in [0.3, 0.4) is 0 Å². The molecule has 1 aliphatic carbocycles. The highest BCUT2D eigenvalue weighted by atomic mass is 35.5. The maximum absolute atomic E-state index is 10.4. The van der Waals surface area contributed by atoms with Crippen molar-refractivity contribution in [3.8, 4) is 11.5 Å². The number of halogens is 1. The van der Waals surface area contributed by atoms with Crippen molar-refractivity contribution in [3.05, 3.63) is 22.7 Å². The van der Waals surface area contributed by atoms with Gasteiger partial charge in [0.05, 0.1) is 10.6 Å². The summed E-state index contributed by atoms with van der Waals surface area (Å²) in [5.41, 5.74) is 0.497. The molecule has 2 N–H and O–H groups in total. The number of aliphatic hydroxyl groups is 1. The van der Waals surface area contributed by atoms with E-state index >= 15 is 0 Å². The molecule has 1 saturated carbocycles. The summed E-state index contributed by atoms with van der Waals surface area (Å²) in [7, 11) is 0. The lowest BCUT2D eigenvalue weighted by Gasteiger charge is -2.32. The number of fused-ring (bicyclic) bond motifs is 1. The lowest BCUT2D eigenvalue weighted by Crippen LogP contribution is -2.41. The van der Waals surface area contributed by atoms with Gasteiger partial charge >= 0.3 is 0 Å². The van der Waals surface area contributed by atoms with Crippen LogP contribution in [0.2, 0.25) is 5.02 Å². The van der Waals surface area contributed by atoms with Gasteiger partial charge in [0.2, 0.25) is 6.79 Å². The van der Waals surface area contributed by atoms with Crippen molar-refractivity contribution in [2.24, 2.45) is 0 Å². The molecule has 1 fully saturated rings. The van der Waals surface area contributed by atoms with E-state index in [0.29, 0.717) is 29.6 Å². The largest absolute Gasteiger partial charge is 0.454 e. The van der Waals surface area contributed by atoms with E-state index in [0.717, 1.165) is 31.2 Å². The number of nitrogens with one attached hydrogen (secondary N) is 1. The van der Waals surface area contributed by atoms with Gasteiger partial charge < -0.3 is 19.9 Å².